The van der Waals surface area contributed by atoms with E-state index in [9.17, 15) is 12.9 Å². The molecule has 9 heteroatoms. The van der Waals surface area contributed by atoms with Crippen LogP contribution in [0.15, 0.2) is 4.60 Å². The van der Waals surface area contributed by atoms with Crippen LogP contribution in [0.4, 0.5) is 12.9 Å². The minimum atomic E-state index is -4.98. The Hall–Kier alpha value is 1.89. The molecule has 1 rings (SSSR count). The van der Waals surface area contributed by atoms with E-state index in [2.05, 4.69) is 20.9 Å². The zero-order valence-electron chi connectivity index (χ0n) is 5.82. The van der Waals surface area contributed by atoms with Crippen LogP contribution in [0, 0.1) is 0 Å². The molecule has 0 aliphatic carbocycles. The predicted molar refractivity (Wildman–Crippen MR) is 43.5 cm³/mol. The van der Waals surface area contributed by atoms with Crippen LogP contribution in [0.3, 0.4) is 0 Å². The van der Waals surface area contributed by atoms with Gasteiger partial charge in [-0.1, -0.05) is 11.6 Å². The maximum atomic E-state index is 12.0. The maximum absolute atomic E-state index is 12.0. The monoisotopic (exact) mass is 303 g/mol. The van der Waals surface area contributed by atoms with Gasteiger partial charge in [-0.25, -0.2) is 4.98 Å². The summed E-state index contributed by atoms with van der Waals surface area (Å²) in [5.74, 6) is 0. The molecule has 0 radical (unpaired) electrons. The van der Waals surface area contributed by atoms with Gasteiger partial charge in [0.15, 0.2) is 4.47 Å². The van der Waals surface area contributed by atoms with E-state index in [-0.39, 0.29) is 60.5 Å². The van der Waals surface area contributed by atoms with E-state index >= 15 is 0 Å². The average Bonchev–Trinajstić information content (AvgIpc) is 2.08. The maximum Gasteiger partial charge on any atom is 1.00 e. The summed E-state index contributed by atoms with van der Waals surface area (Å²) in [6, 6.07) is 0. The van der Waals surface area contributed by atoms with Gasteiger partial charge in [0.1, 0.15) is 0 Å². The SMILES string of the molecule is F[B-](F)(F)c1sc(Cl)nc1Br.[K+]. The molecule has 1 heterocycles. The summed E-state index contributed by atoms with van der Waals surface area (Å²) in [5.41, 5.74) is 0. The quantitative estimate of drug-likeness (QED) is 0.645. The van der Waals surface area contributed by atoms with E-state index < -0.39 is 11.8 Å². The van der Waals surface area contributed by atoms with Crippen LogP contribution in [-0.2, 0) is 0 Å². The molecule has 0 N–H and O–H groups in total. The third-order valence-electron chi connectivity index (χ3n) is 0.881. The van der Waals surface area contributed by atoms with Gasteiger partial charge in [0.2, 0.25) is 0 Å². The molecule has 0 aromatic carbocycles. The molecule has 0 amide bonds. The summed E-state index contributed by atoms with van der Waals surface area (Å²) in [6.07, 6.45) is 0. The number of hydrogen-bond donors (Lipinski definition) is 0. The van der Waals surface area contributed by atoms with Crippen LogP contribution in [0.25, 0.3) is 0 Å². The Morgan fingerprint density at radius 2 is 1.92 bits per heavy atom. The molecule has 0 aliphatic heterocycles. The van der Waals surface area contributed by atoms with Crippen molar-refractivity contribution in [2.45, 2.75) is 0 Å². The normalized spacial score (nSPS) is 11.1. The Labute approximate surface area is 127 Å². The molecule has 1 aromatic rings. The van der Waals surface area contributed by atoms with Gasteiger partial charge in [0.25, 0.3) is 0 Å². The third kappa shape index (κ3) is 3.57. The Morgan fingerprint density at radius 3 is 2.08 bits per heavy atom. The van der Waals surface area contributed by atoms with Gasteiger partial charge in [-0.15, -0.1) is 11.3 Å². The van der Waals surface area contributed by atoms with Gasteiger partial charge < -0.3 is 12.9 Å². The summed E-state index contributed by atoms with van der Waals surface area (Å²) in [4.78, 5) is 3.37. The first kappa shape index (κ1) is 13.9. The van der Waals surface area contributed by atoms with Crippen LogP contribution >= 0.6 is 38.9 Å². The summed E-state index contributed by atoms with van der Waals surface area (Å²) < 4.78 is 35.0. The third-order valence-corrected chi connectivity index (χ3v) is 3.00. The molecule has 0 aliphatic rings. The Balaban J connectivity index is 0.00000121. The molecule has 12 heavy (non-hydrogen) atoms. The first-order chi connectivity index (χ1) is 4.91. The van der Waals surface area contributed by atoms with Gasteiger partial charge >= 0.3 is 58.4 Å². The van der Waals surface area contributed by atoms with E-state index in [1.165, 1.54) is 0 Å². The van der Waals surface area contributed by atoms with Crippen LogP contribution in [0.2, 0.25) is 4.47 Å². The minimum Gasteiger partial charge on any atom is -0.444 e. The molecular weight excluding hydrogens is 304 g/mol. The Kier molecular flexibility index (Phi) is 5.91. The van der Waals surface area contributed by atoms with Crippen molar-refractivity contribution in [3.63, 3.8) is 0 Å². The van der Waals surface area contributed by atoms with E-state index in [0.29, 0.717) is 11.3 Å². The predicted octanol–water partition coefficient (Wildman–Crippen LogP) is -0.383. The van der Waals surface area contributed by atoms with Crippen molar-refractivity contribution >= 4 is 50.6 Å². The second-order valence-corrected chi connectivity index (χ2v) is 4.06. The number of thiazole rings is 1. The number of aromatic nitrogens is 1. The molecule has 1 nitrogen and oxygen atoms in total. The fourth-order valence-corrected chi connectivity index (χ4v) is 2.30. The number of halogens is 5. The largest absolute Gasteiger partial charge is 1.00 e. The average molecular weight is 304 g/mol. The molecule has 0 saturated carbocycles. The zero-order chi connectivity index (χ0) is 8.65. The van der Waals surface area contributed by atoms with Crippen molar-refractivity contribution in [3.05, 3.63) is 9.07 Å². The fraction of sp³-hybridized carbons (Fsp3) is 0. The van der Waals surface area contributed by atoms with Crippen molar-refractivity contribution in [2.75, 3.05) is 0 Å². The molecule has 0 bridgehead atoms. The van der Waals surface area contributed by atoms with Crippen LogP contribution in [0.1, 0.15) is 0 Å². The first-order valence-electron chi connectivity index (χ1n) is 2.43. The van der Waals surface area contributed by atoms with Gasteiger partial charge in [-0.05, 0) is 20.7 Å². The zero-order valence-corrected chi connectivity index (χ0v) is 12.1. The van der Waals surface area contributed by atoms with Crippen LogP contribution in [-0.4, -0.2) is 12.0 Å². The molecule has 62 valence electrons. The summed E-state index contributed by atoms with van der Waals surface area (Å²) >= 11 is 8.35. The first-order valence-corrected chi connectivity index (χ1v) is 4.41. The van der Waals surface area contributed by atoms with E-state index in [0.717, 1.165) is 0 Å². The molecule has 0 saturated heterocycles. The van der Waals surface area contributed by atoms with Gasteiger partial charge in [0, 0.05) is 0 Å². The Morgan fingerprint density at radius 1 is 1.42 bits per heavy atom. The second kappa shape index (κ2) is 5.11. The van der Waals surface area contributed by atoms with E-state index in [4.69, 9.17) is 11.6 Å². The van der Waals surface area contributed by atoms with Crippen LogP contribution < -0.4 is 56.2 Å². The molecular formula is C3BBrClF3KNS. The van der Waals surface area contributed by atoms with Crippen molar-refractivity contribution < 1.29 is 64.3 Å². The standard InChI is InChI=1S/C3BBrClF3NS.K/c5-2-1(4(7,8)9)11-3(6)10-2;/q-1;+1. The molecule has 0 spiro atoms. The summed E-state index contributed by atoms with van der Waals surface area (Å²) in [5, 5.41) is 0. The van der Waals surface area contributed by atoms with Gasteiger partial charge in [-0.2, -0.15) is 0 Å². The Bertz CT molecular complexity index is 279. The molecule has 0 unspecified atom stereocenters. The summed E-state index contributed by atoms with van der Waals surface area (Å²) in [6.45, 7) is -4.98. The van der Waals surface area contributed by atoms with Crippen LogP contribution in [0.5, 0.6) is 0 Å². The van der Waals surface area contributed by atoms with Gasteiger partial charge in [0.05, 0.1) is 4.60 Å². The number of hydrogen-bond acceptors (Lipinski definition) is 2. The van der Waals surface area contributed by atoms with Crippen molar-refractivity contribution in [1.29, 1.82) is 0 Å². The minimum absolute atomic E-state index is 0. The topological polar surface area (TPSA) is 12.9 Å². The van der Waals surface area contributed by atoms with E-state index in [1.807, 2.05) is 0 Å². The fourth-order valence-electron chi connectivity index (χ4n) is 0.490. The van der Waals surface area contributed by atoms with E-state index in [1.54, 1.807) is 0 Å². The number of nitrogens with zero attached hydrogens (tertiary/aromatic N) is 1. The molecule has 1 aromatic heterocycles. The molecule has 0 atom stereocenters. The van der Waals surface area contributed by atoms with Crippen molar-refractivity contribution in [2.24, 2.45) is 0 Å². The van der Waals surface area contributed by atoms with Crippen molar-refractivity contribution in [3.8, 4) is 0 Å². The molecule has 0 fully saturated rings. The smallest absolute Gasteiger partial charge is 0.444 e. The van der Waals surface area contributed by atoms with Crippen molar-refractivity contribution in [1.82, 2.24) is 4.98 Å². The second-order valence-electron chi connectivity index (χ2n) is 1.70. The number of rotatable bonds is 1. The van der Waals surface area contributed by atoms with Gasteiger partial charge in [-0.3, -0.25) is 0 Å². The summed E-state index contributed by atoms with van der Waals surface area (Å²) in [7, 11) is 0.